The summed E-state index contributed by atoms with van der Waals surface area (Å²) in [4.78, 5) is 0. The first-order chi connectivity index (χ1) is 8.70. The van der Waals surface area contributed by atoms with Crippen molar-refractivity contribution in [1.82, 2.24) is 0 Å². The molecule has 0 aliphatic heterocycles. The lowest BCUT2D eigenvalue weighted by Crippen LogP contribution is -2.22. The van der Waals surface area contributed by atoms with E-state index in [0.717, 1.165) is 18.7 Å². The average molecular weight is 288 g/mol. The second kappa shape index (κ2) is 6.76. The molecule has 2 atom stereocenters. The molecule has 0 spiro atoms. The maximum Gasteiger partial charge on any atom is 0.0731 e. The van der Waals surface area contributed by atoms with Gasteiger partial charge in [0.15, 0.2) is 0 Å². The van der Waals surface area contributed by atoms with E-state index in [1.165, 1.54) is 19.3 Å². The van der Waals surface area contributed by atoms with Crippen molar-refractivity contribution in [2.24, 2.45) is 17.6 Å². The van der Waals surface area contributed by atoms with Gasteiger partial charge >= 0.3 is 0 Å². The summed E-state index contributed by atoms with van der Waals surface area (Å²) < 4.78 is 5.77. The Balaban J connectivity index is 1.81. The number of nitrogens with two attached hydrogens (primary N) is 1. The minimum absolute atomic E-state index is 0.545. The molecule has 0 amide bonds. The van der Waals surface area contributed by atoms with Crippen LogP contribution in [0, 0.1) is 11.8 Å². The van der Waals surface area contributed by atoms with Gasteiger partial charge in [0, 0.05) is 10.0 Å². The van der Waals surface area contributed by atoms with Crippen LogP contribution in [0.5, 0.6) is 0 Å². The van der Waals surface area contributed by atoms with E-state index in [0.29, 0.717) is 28.5 Å². The topological polar surface area (TPSA) is 35.2 Å². The zero-order chi connectivity index (χ0) is 13.0. The van der Waals surface area contributed by atoms with Crippen LogP contribution in [-0.4, -0.2) is 13.2 Å². The van der Waals surface area contributed by atoms with Crippen LogP contribution >= 0.6 is 23.2 Å². The van der Waals surface area contributed by atoms with Crippen molar-refractivity contribution in [3.63, 3.8) is 0 Å². The molecular formula is C14H19Cl2NO. The standard InChI is InChI=1S/C14H19Cl2NO/c15-13-5-4-12(14(16)6-13)9-18-8-11-3-1-2-10(11)7-17/h4-6,10-11H,1-3,7-9,17H2. The van der Waals surface area contributed by atoms with Crippen molar-refractivity contribution in [1.29, 1.82) is 0 Å². The summed E-state index contributed by atoms with van der Waals surface area (Å²) >= 11 is 11.9. The molecular weight excluding hydrogens is 269 g/mol. The van der Waals surface area contributed by atoms with Crippen LogP contribution in [-0.2, 0) is 11.3 Å². The van der Waals surface area contributed by atoms with E-state index in [1.54, 1.807) is 6.07 Å². The number of hydrogen-bond donors (Lipinski definition) is 1. The molecule has 1 aliphatic carbocycles. The van der Waals surface area contributed by atoms with Gasteiger partial charge in [0.2, 0.25) is 0 Å². The lowest BCUT2D eigenvalue weighted by molar-refractivity contribution is 0.0754. The van der Waals surface area contributed by atoms with Gasteiger partial charge < -0.3 is 10.5 Å². The third-order valence-corrected chi connectivity index (χ3v) is 4.31. The van der Waals surface area contributed by atoms with Crippen molar-refractivity contribution >= 4 is 23.2 Å². The molecule has 100 valence electrons. The Morgan fingerprint density at radius 3 is 2.72 bits per heavy atom. The molecule has 2 unspecified atom stereocenters. The van der Waals surface area contributed by atoms with Gasteiger partial charge in [-0.05, 0) is 48.9 Å². The van der Waals surface area contributed by atoms with E-state index in [-0.39, 0.29) is 0 Å². The monoisotopic (exact) mass is 287 g/mol. The fourth-order valence-electron chi connectivity index (χ4n) is 2.60. The molecule has 1 aliphatic rings. The SMILES string of the molecule is NCC1CCCC1COCc1ccc(Cl)cc1Cl. The van der Waals surface area contributed by atoms with Gasteiger partial charge in [-0.1, -0.05) is 35.7 Å². The third-order valence-electron chi connectivity index (χ3n) is 3.72. The van der Waals surface area contributed by atoms with E-state index < -0.39 is 0 Å². The Hall–Kier alpha value is -0.280. The van der Waals surface area contributed by atoms with Gasteiger partial charge in [0.05, 0.1) is 13.2 Å². The van der Waals surface area contributed by atoms with E-state index in [1.807, 2.05) is 12.1 Å². The highest BCUT2D eigenvalue weighted by molar-refractivity contribution is 6.35. The normalized spacial score (nSPS) is 23.5. The van der Waals surface area contributed by atoms with Crippen LogP contribution in [0.4, 0.5) is 0 Å². The molecule has 1 aromatic rings. The molecule has 0 radical (unpaired) electrons. The average Bonchev–Trinajstić information content (AvgIpc) is 2.79. The summed E-state index contributed by atoms with van der Waals surface area (Å²) in [5.74, 6) is 1.24. The molecule has 2 N–H and O–H groups in total. The number of halogens is 2. The maximum absolute atomic E-state index is 6.10. The summed E-state index contributed by atoms with van der Waals surface area (Å²) in [5, 5.41) is 1.33. The maximum atomic E-state index is 6.10. The summed E-state index contributed by atoms with van der Waals surface area (Å²) in [6.45, 7) is 2.10. The van der Waals surface area contributed by atoms with Crippen LogP contribution in [0.1, 0.15) is 24.8 Å². The van der Waals surface area contributed by atoms with E-state index in [2.05, 4.69) is 0 Å². The Morgan fingerprint density at radius 2 is 2.00 bits per heavy atom. The van der Waals surface area contributed by atoms with Crippen LogP contribution < -0.4 is 5.73 Å². The van der Waals surface area contributed by atoms with Gasteiger partial charge in [-0.3, -0.25) is 0 Å². The third kappa shape index (κ3) is 3.61. The van der Waals surface area contributed by atoms with Gasteiger partial charge in [-0.15, -0.1) is 0 Å². The zero-order valence-electron chi connectivity index (χ0n) is 10.4. The van der Waals surface area contributed by atoms with Gasteiger partial charge in [0.25, 0.3) is 0 Å². The highest BCUT2D eigenvalue weighted by atomic mass is 35.5. The molecule has 0 heterocycles. The predicted octanol–water partition coefficient (Wildman–Crippen LogP) is 3.89. The van der Waals surface area contributed by atoms with Crippen LogP contribution in [0.25, 0.3) is 0 Å². The minimum Gasteiger partial charge on any atom is -0.376 e. The van der Waals surface area contributed by atoms with Crippen molar-refractivity contribution in [2.45, 2.75) is 25.9 Å². The van der Waals surface area contributed by atoms with Crippen LogP contribution in [0.2, 0.25) is 10.0 Å². The summed E-state index contributed by atoms with van der Waals surface area (Å²) in [7, 11) is 0. The van der Waals surface area contributed by atoms with Crippen LogP contribution in [0.3, 0.4) is 0 Å². The lowest BCUT2D eigenvalue weighted by atomic mass is 9.97. The molecule has 1 saturated carbocycles. The van der Waals surface area contributed by atoms with Crippen molar-refractivity contribution in [3.8, 4) is 0 Å². The van der Waals surface area contributed by atoms with Gasteiger partial charge in [-0.2, -0.15) is 0 Å². The highest BCUT2D eigenvalue weighted by Crippen LogP contribution is 2.31. The molecule has 18 heavy (non-hydrogen) atoms. The molecule has 4 heteroatoms. The molecule has 1 fully saturated rings. The summed E-state index contributed by atoms with van der Waals surface area (Å²) in [6.07, 6.45) is 3.75. The fraction of sp³-hybridized carbons (Fsp3) is 0.571. The van der Waals surface area contributed by atoms with Crippen LogP contribution in [0.15, 0.2) is 18.2 Å². The van der Waals surface area contributed by atoms with Crippen molar-refractivity contribution in [2.75, 3.05) is 13.2 Å². The number of rotatable bonds is 5. The Labute approximate surface area is 118 Å². The van der Waals surface area contributed by atoms with Crippen molar-refractivity contribution in [3.05, 3.63) is 33.8 Å². The lowest BCUT2D eigenvalue weighted by Gasteiger charge is -2.18. The van der Waals surface area contributed by atoms with E-state index in [9.17, 15) is 0 Å². The molecule has 1 aromatic carbocycles. The molecule has 0 aromatic heterocycles. The Morgan fingerprint density at radius 1 is 1.22 bits per heavy atom. The Kier molecular flexibility index (Phi) is 5.31. The number of benzene rings is 1. The summed E-state index contributed by atoms with van der Waals surface area (Å²) in [6, 6.07) is 5.50. The molecule has 0 saturated heterocycles. The van der Waals surface area contributed by atoms with Crippen molar-refractivity contribution < 1.29 is 4.74 Å². The van der Waals surface area contributed by atoms with E-state index >= 15 is 0 Å². The molecule has 0 bridgehead atoms. The first kappa shape index (κ1) is 14.1. The first-order valence-electron chi connectivity index (χ1n) is 6.42. The highest BCUT2D eigenvalue weighted by Gasteiger charge is 2.25. The second-order valence-corrected chi connectivity index (χ2v) is 5.78. The summed E-state index contributed by atoms with van der Waals surface area (Å²) in [5.41, 5.74) is 6.75. The largest absolute Gasteiger partial charge is 0.376 e. The minimum atomic E-state index is 0.545. The van der Waals surface area contributed by atoms with Gasteiger partial charge in [0.1, 0.15) is 0 Å². The smallest absolute Gasteiger partial charge is 0.0731 e. The predicted molar refractivity (Wildman–Crippen MR) is 76.0 cm³/mol. The Bertz CT molecular complexity index is 397. The van der Waals surface area contributed by atoms with Gasteiger partial charge in [-0.25, -0.2) is 0 Å². The second-order valence-electron chi connectivity index (χ2n) is 4.94. The van der Waals surface area contributed by atoms with E-state index in [4.69, 9.17) is 33.7 Å². The molecule has 2 nitrogen and oxygen atoms in total. The number of hydrogen-bond acceptors (Lipinski definition) is 2. The first-order valence-corrected chi connectivity index (χ1v) is 7.18. The quantitative estimate of drug-likeness (QED) is 0.892. The zero-order valence-corrected chi connectivity index (χ0v) is 11.9. The fourth-order valence-corrected chi connectivity index (χ4v) is 3.07. The number of ether oxygens (including phenoxy) is 1. The molecule has 2 rings (SSSR count).